The fourth-order valence-electron chi connectivity index (χ4n) is 3.74. The average molecular weight is 441 g/mol. The molecule has 0 spiro atoms. The monoisotopic (exact) mass is 440 g/mol. The molecule has 3 aromatic carbocycles. The van der Waals surface area contributed by atoms with Crippen LogP contribution in [-0.2, 0) is 11.4 Å². The fourth-order valence-corrected chi connectivity index (χ4v) is 3.74. The van der Waals surface area contributed by atoms with Crippen molar-refractivity contribution in [3.8, 4) is 11.1 Å². The SMILES string of the molecule is CC(=O)Nc1ccc(-c2cccc(N(C)c3nc(=N)n(C=N)c4cc(CO)ccc34)c2)cc1. The van der Waals surface area contributed by atoms with Gasteiger partial charge in [-0.2, -0.15) is 4.98 Å². The maximum Gasteiger partial charge on any atom is 0.229 e. The third-order valence-corrected chi connectivity index (χ3v) is 5.40. The molecule has 33 heavy (non-hydrogen) atoms. The predicted octanol–water partition coefficient (Wildman–Crippen LogP) is 3.86. The number of nitrogens with zero attached hydrogens (tertiary/aromatic N) is 3. The summed E-state index contributed by atoms with van der Waals surface area (Å²) in [6.45, 7) is 1.35. The Morgan fingerprint density at radius 2 is 1.88 bits per heavy atom. The van der Waals surface area contributed by atoms with Gasteiger partial charge in [-0.3, -0.25) is 20.2 Å². The van der Waals surface area contributed by atoms with Crippen LogP contribution in [0.2, 0.25) is 0 Å². The van der Waals surface area contributed by atoms with Gasteiger partial charge in [0.2, 0.25) is 11.5 Å². The Kier molecular flexibility index (Phi) is 6.01. The van der Waals surface area contributed by atoms with Crippen molar-refractivity contribution in [2.75, 3.05) is 17.3 Å². The molecule has 0 fully saturated rings. The summed E-state index contributed by atoms with van der Waals surface area (Å²) in [4.78, 5) is 17.6. The van der Waals surface area contributed by atoms with Crippen LogP contribution in [0.4, 0.5) is 17.2 Å². The second-order valence-electron chi connectivity index (χ2n) is 7.64. The molecule has 1 amide bonds. The van der Waals surface area contributed by atoms with Gasteiger partial charge < -0.3 is 15.3 Å². The molecule has 0 atom stereocenters. The van der Waals surface area contributed by atoms with Crippen molar-refractivity contribution in [3.05, 3.63) is 77.9 Å². The number of fused-ring (bicyclic) bond motifs is 1. The number of aliphatic hydroxyl groups excluding tert-OH is 1. The first kappa shape index (κ1) is 21.9. The summed E-state index contributed by atoms with van der Waals surface area (Å²) in [5.74, 6) is 0.467. The van der Waals surface area contributed by atoms with Crippen LogP contribution in [-0.4, -0.2) is 34.0 Å². The van der Waals surface area contributed by atoms with E-state index in [0.29, 0.717) is 16.9 Å². The van der Waals surface area contributed by atoms with Gasteiger partial charge >= 0.3 is 0 Å². The Balaban J connectivity index is 1.76. The molecule has 0 aliphatic heterocycles. The molecule has 166 valence electrons. The highest BCUT2D eigenvalue weighted by molar-refractivity contribution is 5.95. The van der Waals surface area contributed by atoms with Crippen LogP contribution in [0.15, 0.2) is 66.7 Å². The lowest BCUT2D eigenvalue weighted by atomic mass is 10.0. The van der Waals surface area contributed by atoms with Crippen molar-refractivity contribution < 1.29 is 9.90 Å². The maximum absolute atomic E-state index is 11.3. The quantitative estimate of drug-likeness (QED) is 0.269. The van der Waals surface area contributed by atoms with E-state index in [1.165, 1.54) is 11.5 Å². The second-order valence-corrected chi connectivity index (χ2v) is 7.64. The molecule has 0 unspecified atom stereocenters. The van der Waals surface area contributed by atoms with Crippen molar-refractivity contribution >= 4 is 40.3 Å². The fraction of sp³-hybridized carbons (Fsp3) is 0.120. The van der Waals surface area contributed by atoms with Gasteiger partial charge in [-0.05, 0) is 53.1 Å². The lowest BCUT2D eigenvalue weighted by Gasteiger charge is -2.22. The predicted molar refractivity (Wildman–Crippen MR) is 130 cm³/mol. The van der Waals surface area contributed by atoms with Crippen LogP contribution >= 0.6 is 0 Å². The molecule has 0 aliphatic carbocycles. The van der Waals surface area contributed by atoms with Gasteiger partial charge in [0, 0.05) is 30.7 Å². The molecule has 8 heteroatoms. The molecule has 0 bridgehead atoms. The number of amides is 1. The molecule has 4 rings (SSSR count). The van der Waals surface area contributed by atoms with E-state index in [4.69, 9.17) is 10.8 Å². The Morgan fingerprint density at radius 3 is 2.55 bits per heavy atom. The summed E-state index contributed by atoms with van der Waals surface area (Å²) in [6.07, 6.45) is 1.05. The molecule has 8 nitrogen and oxygen atoms in total. The van der Waals surface area contributed by atoms with E-state index in [9.17, 15) is 9.90 Å². The lowest BCUT2D eigenvalue weighted by Crippen LogP contribution is -2.26. The average Bonchev–Trinajstić information content (AvgIpc) is 2.83. The highest BCUT2D eigenvalue weighted by Crippen LogP contribution is 2.31. The van der Waals surface area contributed by atoms with E-state index in [1.807, 2.05) is 72.6 Å². The minimum atomic E-state index is -0.127. The normalized spacial score (nSPS) is 10.8. The third-order valence-electron chi connectivity index (χ3n) is 5.40. The summed E-state index contributed by atoms with van der Waals surface area (Å²) in [6, 6.07) is 21.0. The zero-order valence-electron chi connectivity index (χ0n) is 18.3. The zero-order valence-corrected chi connectivity index (χ0v) is 18.3. The molecular formula is C25H24N6O2. The Labute approximate surface area is 190 Å². The van der Waals surface area contributed by atoms with Gasteiger partial charge in [-0.25, -0.2) is 0 Å². The van der Waals surface area contributed by atoms with Crippen LogP contribution in [0.1, 0.15) is 12.5 Å². The molecule has 4 aromatic rings. The third kappa shape index (κ3) is 4.37. The number of aliphatic hydroxyl groups is 1. The minimum Gasteiger partial charge on any atom is -0.392 e. The van der Waals surface area contributed by atoms with Crippen LogP contribution in [0.5, 0.6) is 0 Å². The number of anilines is 3. The van der Waals surface area contributed by atoms with Crippen molar-refractivity contribution in [2.24, 2.45) is 0 Å². The molecular weight excluding hydrogens is 416 g/mol. The van der Waals surface area contributed by atoms with Crippen molar-refractivity contribution in [1.82, 2.24) is 9.55 Å². The van der Waals surface area contributed by atoms with E-state index in [0.717, 1.165) is 34.2 Å². The van der Waals surface area contributed by atoms with E-state index in [1.54, 1.807) is 6.07 Å². The van der Waals surface area contributed by atoms with E-state index in [2.05, 4.69) is 10.3 Å². The number of benzene rings is 3. The van der Waals surface area contributed by atoms with Crippen molar-refractivity contribution in [1.29, 1.82) is 10.8 Å². The molecule has 1 heterocycles. The van der Waals surface area contributed by atoms with Gasteiger partial charge in [0.15, 0.2) is 0 Å². The summed E-state index contributed by atoms with van der Waals surface area (Å²) >= 11 is 0. The Morgan fingerprint density at radius 1 is 1.12 bits per heavy atom. The Bertz CT molecular complexity index is 1410. The highest BCUT2D eigenvalue weighted by atomic mass is 16.3. The molecule has 0 aliphatic rings. The smallest absolute Gasteiger partial charge is 0.229 e. The number of carbonyl (C=O) groups is 1. The zero-order chi connectivity index (χ0) is 23.5. The van der Waals surface area contributed by atoms with E-state index in [-0.39, 0.29) is 18.1 Å². The number of hydrogen-bond acceptors (Lipinski definition) is 6. The van der Waals surface area contributed by atoms with Crippen molar-refractivity contribution in [2.45, 2.75) is 13.5 Å². The number of rotatable bonds is 6. The number of nitrogens with one attached hydrogen (secondary N) is 3. The summed E-state index contributed by atoms with van der Waals surface area (Å²) in [5, 5.41) is 29.1. The van der Waals surface area contributed by atoms with Gasteiger partial charge in [0.25, 0.3) is 0 Å². The summed E-state index contributed by atoms with van der Waals surface area (Å²) < 4.78 is 1.37. The molecule has 0 radical (unpaired) electrons. The lowest BCUT2D eigenvalue weighted by molar-refractivity contribution is -0.114. The first-order valence-electron chi connectivity index (χ1n) is 10.3. The van der Waals surface area contributed by atoms with Crippen LogP contribution in [0, 0.1) is 10.8 Å². The van der Waals surface area contributed by atoms with Gasteiger partial charge in [0.05, 0.1) is 18.5 Å². The molecule has 0 saturated heterocycles. The van der Waals surface area contributed by atoms with Crippen LogP contribution in [0.25, 0.3) is 22.0 Å². The highest BCUT2D eigenvalue weighted by Gasteiger charge is 2.14. The van der Waals surface area contributed by atoms with Crippen LogP contribution in [0.3, 0.4) is 0 Å². The first-order valence-corrected chi connectivity index (χ1v) is 10.3. The number of carbonyl (C=O) groups excluding carboxylic acids is 1. The largest absolute Gasteiger partial charge is 0.392 e. The standard InChI is InChI=1S/C25H24N6O2/c1-16(33)28-20-9-7-18(8-10-20)19-4-3-5-21(13-19)30(2)24-22-11-6-17(14-32)12-23(22)31(15-26)25(27)29-24/h3-13,15,26-27,32H,14H2,1-2H3,(H,28,33). The Hall–Kier alpha value is -4.30. The van der Waals surface area contributed by atoms with E-state index >= 15 is 0 Å². The summed E-state index contributed by atoms with van der Waals surface area (Å²) in [7, 11) is 1.88. The van der Waals surface area contributed by atoms with Crippen LogP contribution < -0.4 is 15.8 Å². The van der Waals surface area contributed by atoms with Crippen molar-refractivity contribution in [3.63, 3.8) is 0 Å². The van der Waals surface area contributed by atoms with Gasteiger partial charge in [-0.1, -0.05) is 30.3 Å². The van der Waals surface area contributed by atoms with E-state index < -0.39 is 0 Å². The van der Waals surface area contributed by atoms with Gasteiger partial charge in [-0.15, -0.1) is 0 Å². The number of aromatic nitrogens is 2. The molecule has 0 saturated carbocycles. The number of hydrogen-bond donors (Lipinski definition) is 4. The topological polar surface area (TPSA) is 118 Å². The van der Waals surface area contributed by atoms with Gasteiger partial charge in [0.1, 0.15) is 5.82 Å². The summed E-state index contributed by atoms with van der Waals surface area (Å²) in [5.41, 5.74) is 4.87. The molecule has 1 aromatic heterocycles. The maximum atomic E-state index is 11.3. The molecule has 4 N–H and O–H groups in total. The second kappa shape index (κ2) is 9.05. The minimum absolute atomic E-state index is 0.0702. The first-order chi connectivity index (χ1) is 15.9.